The van der Waals surface area contributed by atoms with E-state index < -0.39 is 0 Å². The van der Waals surface area contributed by atoms with Crippen LogP contribution in [0.25, 0.3) is 11.1 Å². The molecule has 0 saturated carbocycles. The van der Waals surface area contributed by atoms with Crippen LogP contribution in [0.5, 0.6) is 11.5 Å². The molecule has 7 heteroatoms. The lowest BCUT2D eigenvalue weighted by Gasteiger charge is -2.28. The SMILES string of the molecule is C[C@@H](NC(=O)c1cc(-c2ccccc2)c(N2CCOCC2)s1)c1ccc2c(c1)OCO2. The van der Waals surface area contributed by atoms with Crippen molar-refractivity contribution in [3.8, 4) is 22.6 Å². The molecular formula is C24H24N2O4S. The Balaban J connectivity index is 1.40. The van der Waals surface area contributed by atoms with Crippen LogP contribution >= 0.6 is 11.3 Å². The summed E-state index contributed by atoms with van der Waals surface area (Å²) in [5.74, 6) is 1.38. The average molecular weight is 437 g/mol. The van der Waals surface area contributed by atoms with Crippen molar-refractivity contribution in [2.75, 3.05) is 38.0 Å². The zero-order valence-corrected chi connectivity index (χ0v) is 18.1. The topological polar surface area (TPSA) is 60.0 Å². The molecule has 2 aliphatic heterocycles. The molecule has 1 saturated heterocycles. The summed E-state index contributed by atoms with van der Waals surface area (Å²) < 4.78 is 16.4. The fourth-order valence-electron chi connectivity index (χ4n) is 3.85. The van der Waals surface area contributed by atoms with E-state index >= 15 is 0 Å². The Bertz CT molecular complexity index is 1080. The van der Waals surface area contributed by atoms with Crippen molar-refractivity contribution in [1.82, 2.24) is 5.32 Å². The molecule has 1 N–H and O–H groups in total. The maximum absolute atomic E-state index is 13.1. The Labute approximate surface area is 185 Å². The predicted octanol–water partition coefficient (Wildman–Crippen LogP) is 4.47. The fourth-order valence-corrected chi connectivity index (χ4v) is 4.99. The molecule has 2 aliphatic rings. The lowest BCUT2D eigenvalue weighted by atomic mass is 10.1. The molecule has 6 nitrogen and oxygen atoms in total. The smallest absolute Gasteiger partial charge is 0.261 e. The van der Waals surface area contributed by atoms with E-state index in [9.17, 15) is 4.79 Å². The molecule has 0 bridgehead atoms. The van der Waals surface area contributed by atoms with Gasteiger partial charge in [-0.15, -0.1) is 11.3 Å². The lowest BCUT2D eigenvalue weighted by Crippen LogP contribution is -2.35. The molecule has 31 heavy (non-hydrogen) atoms. The molecule has 1 amide bonds. The van der Waals surface area contributed by atoms with Crippen LogP contribution in [0, 0.1) is 0 Å². The van der Waals surface area contributed by atoms with Crippen LogP contribution in [-0.2, 0) is 4.74 Å². The van der Waals surface area contributed by atoms with Crippen LogP contribution in [0.1, 0.15) is 28.2 Å². The Morgan fingerprint density at radius 2 is 1.81 bits per heavy atom. The normalized spacial score (nSPS) is 16.2. The standard InChI is InChI=1S/C24H24N2O4S/c1-16(18-7-8-20-21(13-18)30-15-29-20)25-23(27)22-14-19(17-5-3-2-4-6-17)24(31-22)26-9-11-28-12-10-26/h2-8,13-14,16H,9-12,15H2,1H3,(H,25,27)/t16-/m1/s1. The number of carbonyl (C=O) groups is 1. The van der Waals surface area contributed by atoms with Crippen molar-refractivity contribution >= 4 is 22.2 Å². The van der Waals surface area contributed by atoms with Gasteiger partial charge in [0.25, 0.3) is 5.91 Å². The first kappa shape index (κ1) is 19.9. The van der Waals surface area contributed by atoms with Crippen LogP contribution < -0.4 is 19.7 Å². The average Bonchev–Trinajstić information content (AvgIpc) is 3.47. The van der Waals surface area contributed by atoms with E-state index in [0.29, 0.717) is 18.1 Å². The van der Waals surface area contributed by atoms with E-state index in [2.05, 4.69) is 22.3 Å². The molecule has 3 heterocycles. The number of ether oxygens (including phenoxy) is 3. The predicted molar refractivity (Wildman–Crippen MR) is 121 cm³/mol. The summed E-state index contributed by atoms with van der Waals surface area (Å²) in [6.07, 6.45) is 0. The quantitative estimate of drug-likeness (QED) is 0.639. The Hall–Kier alpha value is -3.03. The third-order valence-electron chi connectivity index (χ3n) is 5.56. The van der Waals surface area contributed by atoms with Crippen molar-refractivity contribution in [3.05, 3.63) is 65.0 Å². The number of rotatable bonds is 5. The molecule has 160 valence electrons. The number of benzene rings is 2. The Morgan fingerprint density at radius 3 is 2.61 bits per heavy atom. The number of amides is 1. The number of fused-ring (bicyclic) bond motifs is 1. The second kappa shape index (κ2) is 8.61. The second-order valence-electron chi connectivity index (χ2n) is 7.60. The first-order valence-corrected chi connectivity index (χ1v) is 11.2. The van der Waals surface area contributed by atoms with Gasteiger partial charge in [-0.3, -0.25) is 4.79 Å². The zero-order valence-electron chi connectivity index (χ0n) is 17.3. The first-order chi connectivity index (χ1) is 15.2. The van der Waals surface area contributed by atoms with E-state index in [1.54, 1.807) is 0 Å². The Kier molecular flexibility index (Phi) is 5.53. The van der Waals surface area contributed by atoms with E-state index in [1.807, 2.05) is 49.4 Å². The number of nitrogens with one attached hydrogen (secondary N) is 1. The molecule has 0 radical (unpaired) electrons. The van der Waals surface area contributed by atoms with Crippen LogP contribution in [-0.4, -0.2) is 39.0 Å². The summed E-state index contributed by atoms with van der Waals surface area (Å²) in [7, 11) is 0. The van der Waals surface area contributed by atoms with Gasteiger partial charge in [-0.25, -0.2) is 0 Å². The van der Waals surface area contributed by atoms with Crippen molar-refractivity contribution < 1.29 is 19.0 Å². The summed E-state index contributed by atoms with van der Waals surface area (Å²) >= 11 is 1.54. The minimum Gasteiger partial charge on any atom is -0.454 e. The zero-order chi connectivity index (χ0) is 21.2. The number of thiophene rings is 1. The molecule has 1 fully saturated rings. The van der Waals surface area contributed by atoms with Crippen LogP contribution in [0.15, 0.2) is 54.6 Å². The van der Waals surface area contributed by atoms with E-state index in [1.165, 1.54) is 11.3 Å². The number of anilines is 1. The molecule has 3 aromatic rings. The number of carbonyl (C=O) groups excluding carboxylic acids is 1. The minimum absolute atomic E-state index is 0.0770. The monoisotopic (exact) mass is 436 g/mol. The van der Waals surface area contributed by atoms with Crippen molar-refractivity contribution in [2.24, 2.45) is 0 Å². The van der Waals surface area contributed by atoms with Gasteiger partial charge in [-0.05, 0) is 36.2 Å². The Morgan fingerprint density at radius 1 is 1.03 bits per heavy atom. The van der Waals surface area contributed by atoms with Crippen LogP contribution in [0.4, 0.5) is 5.00 Å². The third kappa shape index (κ3) is 4.11. The van der Waals surface area contributed by atoms with Gasteiger partial charge in [0.15, 0.2) is 11.5 Å². The third-order valence-corrected chi connectivity index (χ3v) is 6.76. The highest BCUT2D eigenvalue weighted by Gasteiger charge is 2.23. The highest BCUT2D eigenvalue weighted by atomic mass is 32.1. The van der Waals surface area contributed by atoms with Crippen LogP contribution in [0.3, 0.4) is 0 Å². The van der Waals surface area contributed by atoms with Gasteiger partial charge in [0.1, 0.15) is 0 Å². The summed E-state index contributed by atoms with van der Waals surface area (Å²) in [6, 6.07) is 17.8. The molecule has 5 rings (SSSR count). The summed E-state index contributed by atoms with van der Waals surface area (Å²) in [4.78, 5) is 16.2. The minimum atomic E-state index is -0.156. The van der Waals surface area contributed by atoms with Gasteiger partial charge in [0.2, 0.25) is 6.79 Å². The summed E-state index contributed by atoms with van der Waals surface area (Å²) in [6.45, 7) is 5.28. The van der Waals surface area contributed by atoms with Gasteiger partial charge in [-0.2, -0.15) is 0 Å². The molecule has 0 aliphatic carbocycles. The van der Waals surface area contributed by atoms with Gasteiger partial charge >= 0.3 is 0 Å². The van der Waals surface area contributed by atoms with Crippen molar-refractivity contribution in [1.29, 1.82) is 0 Å². The largest absolute Gasteiger partial charge is 0.454 e. The first-order valence-electron chi connectivity index (χ1n) is 10.4. The number of hydrogen-bond donors (Lipinski definition) is 1. The van der Waals surface area contributed by atoms with E-state index in [4.69, 9.17) is 14.2 Å². The van der Waals surface area contributed by atoms with Crippen molar-refractivity contribution in [3.63, 3.8) is 0 Å². The molecule has 0 unspecified atom stereocenters. The molecule has 1 aromatic heterocycles. The number of nitrogens with zero attached hydrogens (tertiary/aromatic N) is 1. The molecule has 2 aromatic carbocycles. The van der Waals surface area contributed by atoms with Crippen molar-refractivity contribution in [2.45, 2.75) is 13.0 Å². The highest BCUT2D eigenvalue weighted by Crippen LogP contribution is 2.40. The van der Waals surface area contributed by atoms with Gasteiger partial charge in [0.05, 0.1) is 29.1 Å². The van der Waals surface area contributed by atoms with Gasteiger partial charge in [0, 0.05) is 18.7 Å². The molecule has 0 spiro atoms. The molecule has 1 atom stereocenters. The van der Waals surface area contributed by atoms with E-state index in [-0.39, 0.29) is 18.7 Å². The summed E-state index contributed by atoms with van der Waals surface area (Å²) in [5, 5.41) is 4.25. The second-order valence-corrected chi connectivity index (χ2v) is 8.63. The van der Waals surface area contributed by atoms with Gasteiger partial charge < -0.3 is 24.4 Å². The van der Waals surface area contributed by atoms with Gasteiger partial charge in [-0.1, -0.05) is 36.4 Å². The van der Waals surface area contributed by atoms with Crippen LogP contribution in [0.2, 0.25) is 0 Å². The molecular weight excluding hydrogens is 412 g/mol. The summed E-state index contributed by atoms with van der Waals surface area (Å²) in [5.41, 5.74) is 3.18. The fraction of sp³-hybridized carbons (Fsp3) is 0.292. The lowest BCUT2D eigenvalue weighted by molar-refractivity contribution is 0.0944. The maximum atomic E-state index is 13.1. The number of morpholine rings is 1. The maximum Gasteiger partial charge on any atom is 0.261 e. The number of hydrogen-bond acceptors (Lipinski definition) is 6. The highest BCUT2D eigenvalue weighted by molar-refractivity contribution is 7.18. The van der Waals surface area contributed by atoms with E-state index in [0.717, 1.165) is 46.3 Å².